The Morgan fingerprint density at radius 3 is 2.47 bits per heavy atom. The summed E-state index contributed by atoms with van der Waals surface area (Å²) < 4.78 is 35.6. The van der Waals surface area contributed by atoms with Gasteiger partial charge in [0.2, 0.25) is 0 Å². The average molecular weight is 609 g/mol. The Morgan fingerprint density at radius 1 is 1.18 bits per heavy atom. The number of amides is 1. The first-order chi connectivity index (χ1) is 16.2. The Bertz CT molecular complexity index is 1400. The third-order valence-electron chi connectivity index (χ3n) is 5.20. The molecule has 2 aliphatic heterocycles. The highest BCUT2D eigenvalue weighted by atomic mass is 79.9. The molecule has 2 aliphatic rings. The van der Waals surface area contributed by atoms with Gasteiger partial charge in [-0.2, -0.15) is 5.26 Å². The lowest BCUT2D eigenvalue weighted by Crippen LogP contribution is -2.40. The fourth-order valence-corrected chi connectivity index (χ4v) is 5.66. The highest BCUT2D eigenvalue weighted by molar-refractivity contribution is 9.10. The van der Waals surface area contributed by atoms with Crippen molar-refractivity contribution in [2.24, 2.45) is 5.73 Å². The highest BCUT2D eigenvalue weighted by Crippen LogP contribution is 2.51. The molecule has 0 aromatic heterocycles. The molecule has 0 aliphatic carbocycles. The number of rotatable bonds is 3. The quantitative estimate of drug-likeness (QED) is 0.476. The summed E-state index contributed by atoms with van der Waals surface area (Å²) in [5, 5.41) is 9.90. The summed E-state index contributed by atoms with van der Waals surface area (Å²) >= 11 is 7.45. The van der Waals surface area contributed by atoms with Crippen LogP contribution in [0.4, 0.5) is 8.78 Å². The van der Waals surface area contributed by atoms with Gasteiger partial charge in [0.1, 0.15) is 22.5 Å². The molecule has 1 atom stereocenters. The molecule has 0 fully saturated rings. The molecule has 2 aromatic rings. The van der Waals surface area contributed by atoms with Gasteiger partial charge in [0.05, 0.1) is 30.2 Å². The lowest BCUT2D eigenvalue weighted by molar-refractivity contribution is -0.136. The second-order valence-corrected chi connectivity index (χ2v) is 9.99. The maximum absolute atomic E-state index is 14.9. The number of fused-ring (bicyclic) bond motifs is 1. The summed E-state index contributed by atoms with van der Waals surface area (Å²) in [4.78, 5) is 27.3. The zero-order valence-electron chi connectivity index (χ0n) is 17.2. The van der Waals surface area contributed by atoms with Gasteiger partial charge in [-0.25, -0.2) is 13.6 Å². The molecule has 2 aromatic carbocycles. The van der Waals surface area contributed by atoms with Gasteiger partial charge in [0, 0.05) is 31.1 Å². The predicted molar refractivity (Wildman–Crippen MR) is 129 cm³/mol. The van der Waals surface area contributed by atoms with Crippen LogP contribution < -0.4 is 5.73 Å². The Kier molecular flexibility index (Phi) is 6.66. The number of hydrogen-bond donors (Lipinski definition) is 1. The Hall–Kier alpha value is -2.94. The number of carbonyl (C=O) groups excluding carboxylic acids is 2. The van der Waals surface area contributed by atoms with Crippen molar-refractivity contribution >= 4 is 60.4 Å². The van der Waals surface area contributed by atoms with Crippen molar-refractivity contribution in [2.75, 3.05) is 7.11 Å². The van der Waals surface area contributed by atoms with Gasteiger partial charge >= 0.3 is 5.97 Å². The number of nitriles is 1. The number of ether oxygens (including phenoxy) is 1. The number of halogens is 4. The molecule has 4 rings (SSSR count). The zero-order valence-corrected chi connectivity index (χ0v) is 21.2. The molecule has 172 valence electrons. The van der Waals surface area contributed by atoms with Crippen molar-refractivity contribution in [1.29, 1.82) is 5.26 Å². The number of carbonyl (C=O) groups is 2. The van der Waals surface area contributed by atoms with Crippen molar-refractivity contribution in [2.45, 2.75) is 5.92 Å². The predicted octanol–water partition coefficient (Wildman–Crippen LogP) is 5.28. The second kappa shape index (κ2) is 9.37. The highest BCUT2D eigenvalue weighted by Gasteiger charge is 2.44. The van der Waals surface area contributed by atoms with E-state index in [0.29, 0.717) is 8.95 Å². The minimum Gasteiger partial charge on any atom is -0.466 e. The van der Waals surface area contributed by atoms with Crippen molar-refractivity contribution < 1.29 is 23.1 Å². The fourth-order valence-electron chi connectivity index (χ4n) is 3.70. The number of hydrogen-bond acceptors (Lipinski definition) is 6. The minimum absolute atomic E-state index is 0.00889. The van der Waals surface area contributed by atoms with E-state index in [1.807, 2.05) is 6.07 Å². The van der Waals surface area contributed by atoms with Crippen molar-refractivity contribution in [3.63, 3.8) is 0 Å². The van der Waals surface area contributed by atoms with Crippen molar-refractivity contribution in [3.05, 3.63) is 96.2 Å². The Labute approximate surface area is 214 Å². The number of thioether (sulfide) groups is 1. The molecule has 0 saturated carbocycles. The fraction of sp³-hybridized carbons (Fsp3) is 0.0870. The Balaban J connectivity index is 2.01. The number of nitrogens with two attached hydrogens (primary N) is 1. The molecule has 34 heavy (non-hydrogen) atoms. The molecule has 2 heterocycles. The summed E-state index contributed by atoms with van der Waals surface area (Å²) in [5.74, 6) is -4.37. The van der Waals surface area contributed by atoms with E-state index in [-0.39, 0.29) is 38.0 Å². The van der Waals surface area contributed by atoms with Gasteiger partial charge in [-0.05, 0) is 36.4 Å². The molecule has 1 amide bonds. The summed E-state index contributed by atoms with van der Waals surface area (Å²) in [5.41, 5.74) is 5.95. The third kappa shape index (κ3) is 4.06. The molecule has 1 unspecified atom stereocenters. The second-order valence-electron chi connectivity index (χ2n) is 7.13. The van der Waals surface area contributed by atoms with Crippen LogP contribution in [-0.2, 0) is 14.3 Å². The number of methoxy groups -OCH3 is 1. The summed E-state index contributed by atoms with van der Waals surface area (Å²) in [6.45, 7) is 0. The van der Waals surface area contributed by atoms with Crippen molar-refractivity contribution in [1.82, 2.24) is 4.90 Å². The molecule has 2 N–H and O–H groups in total. The first kappa shape index (κ1) is 24.2. The van der Waals surface area contributed by atoms with Gasteiger partial charge in [-0.15, -0.1) is 0 Å². The summed E-state index contributed by atoms with van der Waals surface area (Å²) in [7, 11) is 1.13. The van der Waals surface area contributed by atoms with Crippen LogP contribution >= 0.6 is 43.6 Å². The van der Waals surface area contributed by atoms with E-state index in [1.54, 1.807) is 0 Å². The number of nitrogens with zero attached hydrogens (tertiary/aromatic N) is 2. The normalized spacial score (nSPS) is 17.9. The molecule has 0 bridgehead atoms. The van der Waals surface area contributed by atoms with Gasteiger partial charge in [0.25, 0.3) is 5.91 Å². The van der Waals surface area contributed by atoms with Gasteiger partial charge in [-0.3, -0.25) is 9.69 Å². The maximum Gasteiger partial charge on any atom is 0.337 e. The van der Waals surface area contributed by atoms with Gasteiger partial charge in [-0.1, -0.05) is 43.6 Å². The lowest BCUT2D eigenvalue weighted by atomic mass is 9.82. The summed E-state index contributed by atoms with van der Waals surface area (Å²) in [6, 6.07) is 10.2. The van der Waals surface area contributed by atoms with Crippen LogP contribution in [0.25, 0.3) is 4.91 Å². The first-order valence-corrected chi connectivity index (χ1v) is 11.9. The molecule has 0 radical (unpaired) electrons. The van der Waals surface area contributed by atoms with E-state index >= 15 is 0 Å². The van der Waals surface area contributed by atoms with Crippen LogP contribution in [0.15, 0.2) is 73.4 Å². The Morgan fingerprint density at radius 2 is 1.82 bits per heavy atom. The smallest absolute Gasteiger partial charge is 0.337 e. The van der Waals surface area contributed by atoms with E-state index in [2.05, 4.69) is 31.9 Å². The zero-order chi connectivity index (χ0) is 24.7. The lowest BCUT2D eigenvalue weighted by Gasteiger charge is -2.37. The van der Waals surface area contributed by atoms with E-state index < -0.39 is 29.4 Å². The molecular weight excluding hydrogens is 596 g/mol. The average Bonchev–Trinajstić information content (AvgIpc) is 2.81. The first-order valence-electron chi connectivity index (χ1n) is 9.54. The van der Waals surface area contributed by atoms with Crippen LogP contribution in [0.2, 0.25) is 0 Å². The van der Waals surface area contributed by atoms with Gasteiger partial charge in [0.15, 0.2) is 0 Å². The molecular formula is C23H13Br2F2N3O3S. The topological polar surface area (TPSA) is 96.4 Å². The van der Waals surface area contributed by atoms with Crippen LogP contribution in [0.3, 0.4) is 0 Å². The summed E-state index contributed by atoms with van der Waals surface area (Å²) in [6.07, 6.45) is 1.16. The molecule has 0 spiro atoms. The van der Waals surface area contributed by atoms with E-state index in [1.165, 1.54) is 36.4 Å². The third-order valence-corrected chi connectivity index (χ3v) is 7.34. The number of allylic oxidation sites excluding steroid dienone is 1. The number of benzene rings is 2. The maximum atomic E-state index is 14.9. The van der Waals surface area contributed by atoms with E-state index in [9.17, 15) is 23.6 Å². The van der Waals surface area contributed by atoms with Crippen LogP contribution in [0, 0.1) is 23.0 Å². The number of esters is 1. The minimum atomic E-state index is -1.26. The van der Waals surface area contributed by atoms with Crippen LogP contribution in [0.5, 0.6) is 0 Å². The van der Waals surface area contributed by atoms with Crippen LogP contribution in [-0.4, -0.2) is 23.9 Å². The molecule has 0 saturated heterocycles. The molecule has 6 nitrogen and oxygen atoms in total. The molecule has 11 heteroatoms. The van der Waals surface area contributed by atoms with Crippen molar-refractivity contribution in [3.8, 4) is 6.07 Å². The van der Waals surface area contributed by atoms with E-state index in [4.69, 9.17) is 10.5 Å². The monoisotopic (exact) mass is 607 g/mol. The van der Waals surface area contributed by atoms with Crippen LogP contribution in [0.1, 0.15) is 17.0 Å². The van der Waals surface area contributed by atoms with E-state index in [0.717, 1.165) is 29.8 Å². The largest absolute Gasteiger partial charge is 0.466 e. The van der Waals surface area contributed by atoms with Gasteiger partial charge < -0.3 is 10.5 Å². The SMILES string of the molecule is COC(=O)C1=C2SC(c3cc(Br)ccc3F)=CC(=O)N2C(N)=C(C#N)C1c1cc(Br)ccc1F. The standard InChI is InChI=1S/C23H13Br2F2N3O3S/c1-33-23(32)20-19(13-7-11(25)3-5-16(13)27)14(9-28)21(29)30-18(31)8-17(34-22(20)30)12-6-10(24)2-4-15(12)26/h2-8,19H,29H2,1H3.